The van der Waals surface area contributed by atoms with E-state index < -0.39 is 0 Å². The molecule has 0 N–H and O–H groups in total. The fourth-order valence-corrected chi connectivity index (χ4v) is 4.41. The van der Waals surface area contributed by atoms with Crippen molar-refractivity contribution >= 4 is 35.0 Å². The first-order chi connectivity index (χ1) is 16.0. The molecule has 2 saturated heterocycles. The summed E-state index contributed by atoms with van der Waals surface area (Å²) in [5, 5.41) is 1.08. The van der Waals surface area contributed by atoms with E-state index in [0.717, 1.165) is 18.7 Å². The van der Waals surface area contributed by atoms with Crippen molar-refractivity contribution in [2.24, 2.45) is 0 Å². The number of halogens is 2. The number of hydrogen-bond acceptors (Lipinski definition) is 5. The van der Waals surface area contributed by atoms with Crippen LogP contribution in [-0.4, -0.2) is 85.5 Å². The first-order valence-corrected chi connectivity index (χ1v) is 11.8. The first-order valence-electron chi connectivity index (χ1n) is 11.0. The van der Waals surface area contributed by atoms with Crippen molar-refractivity contribution in [2.75, 3.05) is 59.0 Å². The highest BCUT2D eigenvalue weighted by atomic mass is 35.5. The Morgan fingerprint density at radius 2 is 1.61 bits per heavy atom. The highest BCUT2D eigenvalue weighted by molar-refractivity contribution is 6.35. The lowest BCUT2D eigenvalue weighted by atomic mass is 10.1. The molecule has 9 heteroatoms. The lowest BCUT2D eigenvalue weighted by Crippen LogP contribution is -2.53. The minimum absolute atomic E-state index is 0.104. The van der Waals surface area contributed by atoms with Crippen LogP contribution in [0, 0.1) is 0 Å². The topological polar surface area (TPSA) is 62.3 Å². The molecule has 2 amide bonds. The van der Waals surface area contributed by atoms with E-state index in [1.807, 2.05) is 23.1 Å². The molecule has 0 radical (unpaired) electrons. The Hall–Kier alpha value is -2.32. The van der Waals surface area contributed by atoms with Crippen LogP contribution >= 0.6 is 23.2 Å². The molecule has 0 aromatic heterocycles. The summed E-state index contributed by atoms with van der Waals surface area (Å²) in [4.78, 5) is 31.6. The average molecular weight is 492 g/mol. The van der Waals surface area contributed by atoms with Gasteiger partial charge in [-0.05, 0) is 24.3 Å². The van der Waals surface area contributed by atoms with Crippen molar-refractivity contribution in [3.8, 4) is 5.75 Å². The monoisotopic (exact) mass is 491 g/mol. The molecule has 4 rings (SSSR count). The van der Waals surface area contributed by atoms with Crippen molar-refractivity contribution in [3.05, 3.63) is 63.6 Å². The van der Waals surface area contributed by atoms with Crippen LogP contribution in [0.1, 0.15) is 15.9 Å². The van der Waals surface area contributed by atoms with Crippen LogP contribution in [0.4, 0.5) is 0 Å². The van der Waals surface area contributed by atoms with E-state index in [9.17, 15) is 9.59 Å². The maximum atomic E-state index is 13.2. The van der Waals surface area contributed by atoms with Crippen molar-refractivity contribution in [1.29, 1.82) is 0 Å². The number of amides is 2. The largest absolute Gasteiger partial charge is 0.488 e. The van der Waals surface area contributed by atoms with E-state index >= 15 is 0 Å². The van der Waals surface area contributed by atoms with Gasteiger partial charge in [-0.1, -0.05) is 41.4 Å². The van der Waals surface area contributed by atoms with Gasteiger partial charge >= 0.3 is 0 Å². The summed E-state index contributed by atoms with van der Waals surface area (Å²) in [6.07, 6.45) is 0. The van der Waals surface area contributed by atoms with Crippen molar-refractivity contribution < 1.29 is 19.1 Å². The minimum atomic E-state index is -0.104. The molecule has 2 heterocycles. The van der Waals surface area contributed by atoms with Gasteiger partial charge in [0.05, 0.1) is 25.3 Å². The van der Waals surface area contributed by atoms with E-state index in [1.54, 1.807) is 29.2 Å². The second-order valence-electron chi connectivity index (χ2n) is 8.08. The van der Waals surface area contributed by atoms with Crippen molar-refractivity contribution in [1.82, 2.24) is 14.7 Å². The summed E-state index contributed by atoms with van der Waals surface area (Å²) >= 11 is 12.2. The van der Waals surface area contributed by atoms with Gasteiger partial charge in [-0.15, -0.1) is 0 Å². The number of morpholine rings is 1. The van der Waals surface area contributed by atoms with Crippen LogP contribution in [0.15, 0.2) is 42.5 Å². The van der Waals surface area contributed by atoms with Gasteiger partial charge in [0.25, 0.3) is 5.91 Å². The van der Waals surface area contributed by atoms with Crippen molar-refractivity contribution in [2.45, 2.75) is 6.61 Å². The number of rotatable bonds is 6. The molecule has 2 aliphatic rings. The van der Waals surface area contributed by atoms with Crippen LogP contribution in [0.3, 0.4) is 0 Å². The predicted molar refractivity (Wildman–Crippen MR) is 127 cm³/mol. The molecule has 0 spiro atoms. The predicted octanol–water partition coefficient (Wildman–Crippen LogP) is 3.19. The third-order valence-corrected chi connectivity index (χ3v) is 6.48. The first kappa shape index (κ1) is 23.8. The number of carbonyl (C=O) groups excluding carboxylic acids is 2. The Kier molecular flexibility index (Phi) is 8.09. The fourth-order valence-electron chi connectivity index (χ4n) is 3.94. The average Bonchev–Trinajstić information content (AvgIpc) is 2.84. The molecule has 2 aliphatic heterocycles. The summed E-state index contributed by atoms with van der Waals surface area (Å²) in [6.45, 7) is 5.56. The zero-order valence-electron chi connectivity index (χ0n) is 18.3. The van der Waals surface area contributed by atoms with E-state index in [1.165, 1.54) is 0 Å². The van der Waals surface area contributed by atoms with Gasteiger partial charge in [-0.25, -0.2) is 0 Å². The number of nitrogens with zero attached hydrogens (tertiary/aromatic N) is 3. The number of hydrogen-bond donors (Lipinski definition) is 0. The van der Waals surface area contributed by atoms with Gasteiger partial charge < -0.3 is 19.3 Å². The van der Waals surface area contributed by atoms with Crippen LogP contribution in [-0.2, 0) is 16.1 Å². The Bertz CT molecular complexity index is 989. The molecule has 0 bridgehead atoms. The third-order valence-electron chi connectivity index (χ3n) is 5.90. The number of para-hydroxylation sites is 1. The van der Waals surface area contributed by atoms with Crippen molar-refractivity contribution in [3.63, 3.8) is 0 Å². The summed E-state index contributed by atoms with van der Waals surface area (Å²) in [7, 11) is 0. The molecular formula is C24H27Cl2N3O4. The summed E-state index contributed by atoms with van der Waals surface area (Å²) < 4.78 is 11.3. The van der Waals surface area contributed by atoms with Gasteiger partial charge in [0.1, 0.15) is 12.4 Å². The smallest absolute Gasteiger partial charge is 0.257 e. The molecule has 2 aromatic rings. The molecule has 0 unspecified atom stereocenters. The quantitative estimate of drug-likeness (QED) is 0.620. The lowest BCUT2D eigenvalue weighted by Gasteiger charge is -2.36. The normalized spacial score (nSPS) is 17.2. The highest BCUT2D eigenvalue weighted by Gasteiger charge is 2.27. The fraction of sp³-hybridized carbons (Fsp3) is 0.417. The molecule has 2 fully saturated rings. The number of carbonyl (C=O) groups is 2. The SMILES string of the molecule is O=C(CN1CCOCC1)N1CCN(C(=O)c2ccccc2OCc2ccc(Cl)cc2Cl)CC1. The zero-order valence-corrected chi connectivity index (χ0v) is 19.9. The molecule has 0 saturated carbocycles. The lowest BCUT2D eigenvalue weighted by molar-refractivity contribution is -0.134. The Morgan fingerprint density at radius 3 is 2.33 bits per heavy atom. The van der Waals surface area contributed by atoms with Crippen LogP contribution < -0.4 is 4.74 Å². The van der Waals surface area contributed by atoms with Gasteiger partial charge in [-0.3, -0.25) is 14.5 Å². The van der Waals surface area contributed by atoms with E-state index in [0.29, 0.717) is 67.3 Å². The highest BCUT2D eigenvalue weighted by Crippen LogP contribution is 2.25. The van der Waals surface area contributed by atoms with E-state index in [2.05, 4.69) is 4.90 Å². The van der Waals surface area contributed by atoms with Gasteiger partial charge in [0.15, 0.2) is 0 Å². The Morgan fingerprint density at radius 1 is 0.909 bits per heavy atom. The maximum absolute atomic E-state index is 13.2. The number of piperazine rings is 1. The standard InChI is InChI=1S/C24H27Cl2N3O4/c25-19-6-5-18(21(26)15-19)17-33-22-4-2-1-3-20(22)24(31)29-9-7-28(8-10-29)23(30)16-27-11-13-32-14-12-27/h1-6,15H,7-14,16-17H2. The molecular weight excluding hydrogens is 465 g/mol. The Balaban J connectivity index is 1.33. The van der Waals surface area contributed by atoms with Crippen LogP contribution in [0.5, 0.6) is 5.75 Å². The van der Waals surface area contributed by atoms with Gasteiger partial charge in [0.2, 0.25) is 5.91 Å². The number of ether oxygens (including phenoxy) is 2. The van der Waals surface area contributed by atoms with E-state index in [-0.39, 0.29) is 18.4 Å². The molecule has 7 nitrogen and oxygen atoms in total. The molecule has 0 atom stereocenters. The van der Waals surface area contributed by atoms with Gasteiger partial charge in [0, 0.05) is 54.9 Å². The summed E-state index contributed by atoms with van der Waals surface area (Å²) in [5.41, 5.74) is 1.28. The Labute approximate surface area is 203 Å². The number of benzene rings is 2. The summed E-state index contributed by atoms with van der Waals surface area (Å²) in [5.74, 6) is 0.500. The van der Waals surface area contributed by atoms with Gasteiger partial charge in [-0.2, -0.15) is 0 Å². The van der Waals surface area contributed by atoms with Crippen LogP contribution in [0.25, 0.3) is 0 Å². The van der Waals surface area contributed by atoms with E-state index in [4.69, 9.17) is 32.7 Å². The second kappa shape index (κ2) is 11.2. The zero-order chi connectivity index (χ0) is 23.2. The maximum Gasteiger partial charge on any atom is 0.257 e. The molecule has 0 aliphatic carbocycles. The molecule has 2 aromatic carbocycles. The van der Waals surface area contributed by atoms with Crippen LogP contribution in [0.2, 0.25) is 10.0 Å². The minimum Gasteiger partial charge on any atom is -0.488 e. The summed E-state index contributed by atoms with van der Waals surface area (Å²) in [6, 6.07) is 12.4. The molecule has 176 valence electrons. The third kappa shape index (κ3) is 6.18. The second-order valence-corrected chi connectivity index (χ2v) is 8.93. The molecule has 33 heavy (non-hydrogen) atoms.